The molecule has 2 aliphatic heterocycles. The fraction of sp³-hybridized carbons (Fsp3) is 0.333. The van der Waals surface area contributed by atoms with E-state index in [1.165, 1.54) is 0 Å². The Hall–Kier alpha value is -1.69. The monoisotopic (exact) mass is 264 g/mol. The number of carbonyl (C=O) groups is 2. The molecule has 1 aromatic rings. The third-order valence-corrected chi connectivity index (χ3v) is 5.49. The van der Waals surface area contributed by atoms with Crippen molar-refractivity contribution >= 4 is 21.5 Å². The van der Waals surface area contributed by atoms with E-state index in [-0.39, 0.29) is 0 Å². The predicted octanol–water partition coefficient (Wildman–Crippen LogP) is 1.46. The van der Waals surface area contributed by atoms with Gasteiger partial charge in [-0.1, -0.05) is 12.1 Å². The van der Waals surface area contributed by atoms with Crippen LogP contribution in [0, 0.1) is 0 Å². The van der Waals surface area contributed by atoms with Crippen LogP contribution >= 0.6 is 0 Å². The quantitative estimate of drug-likeness (QED) is 0.721. The Kier molecular flexibility index (Phi) is 2.48. The van der Waals surface area contributed by atoms with E-state index in [0.717, 1.165) is 17.9 Å². The van der Waals surface area contributed by atoms with Crippen LogP contribution in [0.2, 0.25) is 0 Å². The summed E-state index contributed by atoms with van der Waals surface area (Å²) in [6.07, 6.45) is 1.68. The number of benzene rings is 1. The van der Waals surface area contributed by atoms with Crippen LogP contribution in [0.3, 0.4) is 0 Å². The summed E-state index contributed by atoms with van der Waals surface area (Å²) in [5.74, 6) is 0.0105. The minimum Gasteiger partial charge on any atom is -0.267 e. The van der Waals surface area contributed by atoms with Gasteiger partial charge in [0.25, 0.3) is 11.8 Å². The van der Waals surface area contributed by atoms with Crippen LogP contribution in [0.15, 0.2) is 28.7 Å². The van der Waals surface area contributed by atoms with Crippen molar-refractivity contribution in [1.29, 1.82) is 0 Å². The summed E-state index contributed by atoms with van der Waals surface area (Å²) in [5.41, 5.74) is 0.680. The molecule has 2 heterocycles. The van der Waals surface area contributed by atoms with Crippen molar-refractivity contribution < 1.29 is 13.8 Å². The summed E-state index contributed by atoms with van der Waals surface area (Å²) in [6, 6.07) is 6.57. The summed E-state index contributed by atoms with van der Waals surface area (Å²) in [6.45, 7) is 0. The molecule has 2 aliphatic rings. The van der Waals surface area contributed by atoms with Crippen molar-refractivity contribution in [3.63, 3.8) is 0 Å². The fourth-order valence-corrected chi connectivity index (χ4v) is 4.36. The highest BCUT2D eigenvalue weighted by molar-refractivity contribution is 7.93. The summed E-state index contributed by atoms with van der Waals surface area (Å²) in [7, 11) is -2.41. The van der Waals surface area contributed by atoms with Crippen molar-refractivity contribution in [2.24, 2.45) is 4.47 Å². The molecule has 0 radical (unpaired) electrons. The second kappa shape index (κ2) is 3.91. The number of hydrogen-bond acceptors (Lipinski definition) is 4. The van der Waals surface area contributed by atoms with Crippen molar-refractivity contribution in [3.8, 4) is 0 Å². The van der Waals surface area contributed by atoms with E-state index >= 15 is 0 Å². The molecule has 3 rings (SSSR count). The molecule has 0 unspecified atom stereocenters. The van der Waals surface area contributed by atoms with Gasteiger partial charge in [-0.05, 0) is 25.0 Å². The third kappa shape index (κ3) is 1.64. The molecule has 0 spiro atoms. The number of imide groups is 1. The maximum Gasteiger partial charge on any atom is 0.282 e. The van der Waals surface area contributed by atoms with Crippen LogP contribution in [0.1, 0.15) is 33.6 Å². The maximum atomic E-state index is 12.3. The zero-order valence-corrected chi connectivity index (χ0v) is 10.5. The minimum atomic E-state index is -2.41. The topological polar surface area (TPSA) is 66.8 Å². The SMILES string of the molecule is O=C1c2ccccc2C(=O)N1N=S1(=O)CCCC1. The molecule has 0 aromatic heterocycles. The van der Waals surface area contributed by atoms with Gasteiger partial charge in [0.05, 0.1) is 20.9 Å². The summed E-state index contributed by atoms with van der Waals surface area (Å²) < 4.78 is 16.2. The van der Waals surface area contributed by atoms with Crippen molar-refractivity contribution in [2.45, 2.75) is 12.8 Å². The molecule has 0 N–H and O–H groups in total. The van der Waals surface area contributed by atoms with E-state index < -0.39 is 21.5 Å². The van der Waals surface area contributed by atoms with Gasteiger partial charge in [-0.2, -0.15) is 0 Å². The zero-order chi connectivity index (χ0) is 12.8. The van der Waals surface area contributed by atoms with Gasteiger partial charge in [0.2, 0.25) is 0 Å². The number of carbonyl (C=O) groups excluding carboxylic acids is 2. The smallest absolute Gasteiger partial charge is 0.267 e. The Balaban J connectivity index is 2.05. The average molecular weight is 264 g/mol. The van der Waals surface area contributed by atoms with Gasteiger partial charge in [0.1, 0.15) is 0 Å². The zero-order valence-electron chi connectivity index (χ0n) is 9.67. The van der Waals surface area contributed by atoms with E-state index in [1.54, 1.807) is 24.3 Å². The van der Waals surface area contributed by atoms with E-state index in [0.29, 0.717) is 22.6 Å². The summed E-state index contributed by atoms with van der Waals surface area (Å²) in [5, 5.41) is 0.790. The molecule has 0 aliphatic carbocycles. The lowest BCUT2D eigenvalue weighted by molar-refractivity contribution is 0.0661. The van der Waals surface area contributed by atoms with E-state index in [1.807, 2.05) is 0 Å². The first-order valence-corrected chi connectivity index (χ1v) is 7.66. The second-order valence-corrected chi connectivity index (χ2v) is 6.96. The van der Waals surface area contributed by atoms with Crippen LogP contribution < -0.4 is 0 Å². The van der Waals surface area contributed by atoms with Crippen LogP contribution in [-0.4, -0.2) is 32.5 Å². The Labute approximate surface area is 105 Å². The number of hydrogen-bond donors (Lipinski definition) is 0. The third-order valence-electron chi connectivity index (χ3n) is 3.18. The van der Waals surface area contributed by atoms with E-state index in [4.69, 9.17) is 0 Å². The highest BCUT2D eigenvalue weighted by Crippen LogP contribution is 2.25. The standard InChI is InChI=1S/C12H12N2O3S/c15-11-9-5-1-2-6-10(9)12(16)14(11)13-18(17)7-3-4-8-18/h1-2,5-6H,3-4,7-8H2. The van der Waals surface area contributed by atoms with Crippen LogP contribution in [0.4, 0.5) is 0 Å². The van der Waals surface area contributed by atoms with Crippen LogP contribution in [-0.2, 0) is 9.73 Å². The molecule has 94 valence electrons. The normalized spacial score (nSPS) is 21.2. The molecule has 1 fully saturated rings. The first-order chi connectivity index (χ1) is 8.61. The number of amides is 2. The van der Waals surface area contributed by atoms with Gasteiger partial charge < -0.3 is 0 Å². The van der Waals surface area contributed by atoms with E-state index in [2.05, 4.69) is 4.47 Å². The lowest BCUT2D eigenvalue weighted by Crippen LogP contribution is -2.26. The maximum absolute atomic E-state index is 12.3. The first-order valence-electron chi connectivity index (χ1n) is 5.81. The highest BCUT2D eigenvalue weighted by Gasteiger charge is 2.37. The van der Waals surface area contributed by atoms with E-state index in [9.17, 15) is 13.8 Å². The number of rotatable bonds is 1. The van der Waals surface area contributed by atoms with Gasteiger partial charge in [-0.25, -0.2) is 4.21 Å². The highest BCUT2D eigenvalue weighted by atomic mass is 32.2. The molecule has 1 aromatic carbocycles. The van der Waals surface area contributed by atoms with Gasteiger partial charge in [-0.3, -0.25) is 9.59 Å². The summed E-state index contributed by atoms with van der Waals surface area (Å²) in [4.78, 5) is 24.0. The predicted molar refractivity (Wildman–Crippen MR) is 66.5 cm³/mol. The molecule has 0 atom stereocenters. The van der Waals surface area contributed by atoms with Gasteiger partial charge >= 0.3 is 0 Å². The summed E-state index contributed by atoms with van der Waals surface area (Å²) >= 11 is 0. The van der Waals surface area contributed by atoms with Crippen LogP contribution in [0.25, 0.3) is 0 Å². The first kappa shape index (κ1) is 11.4. The van der Waals surface area contributed by atoms with Gasteiger partial charge in [0, 0.05) is 11.5 Å². The number of nitrogens with zero attached hydrogens (tertiary/aromatic N) is 2. The number of fused-ring (bicyclic) bond motifs is 1. The second-order valence-electron chi connectivity index (χ2n) is 4.44. The molecule has 1 saturated heterocycles. The molecule has 0 bridgehead atoms. The largest absolute Gasteiger partial charge is 0.282 e. The van der Waals surface area contributed by atoms with Crippen LogP contribution in [0.5, 0.6) is 0 Å². The molecule has 18 heavy (non-hydrogen) atoms. The van der Waals surface area contributed by atoms with Crippen molar-refractivity contribution in [1.82, 2.24) is 5.01 Å². The molecule has 5 nitrogen and oxygen atoms in total. The molecule has 6 heteroatoms. The van der Waals surface area contributed by atoms with Gasteiger partial charge in [-0.15, -0.1) is 9.48 Å². The lowest BCUT2D eigenvalue weighted by Gasteiger charge is -2.08. The molecule has 0 saturated carbocycles. The molecule has 2 amide bonds. The molecular weight excluding hydrogens is 252 g/mol. The Morgan fingerprint density at radius 2 is 1.50 bits per heavy atom. The van der Waals surface area contributed by atoms with Gasteiger partial charge in [0.15, 0.2) is 0 Å². The minimum absolute atomic E-state index is 0.340. The van der Waals surface area contributed by atoms with Crippen molar-refractivity contribution in [2.75, 3.05) is 11.5 Å². The lowest BCUT2D eigenvalue weighted by atomic mass is 10.1. The molecular formula is C12H12N2O3S. The Bertz CT molecular complexity index is 612. The Morgan fingerprint density at radius 3 is 2.00 bits per heavy atom. The Morgan fingerprint density at radius 1 is 1.00 bits per heavy atom. The van der Waals surface area contributed by atoms with Crippen molar-refractivity contribution in [3.05, 3.63) is 35.4 Å². The fourth-order valence-electron chi connectivity index (χ4n) is 2.24. The average Bonchev–Trinajstić information content (AvgIpc) is 2.89.